The van der Waals surface area contributed by atoms with Crippen molar-refractivity contribution in [1.82, 2.24) is 24.9 Å². The molecule has 0 amide bonds. The van der Waals surface area contributed by atoms with E-state index in [4.69, 9.17) is 11.6 Å². The highest BCUT2D eigenvalue weighted by molar-refractivity contribution is 6.31. The van der Waals surface area contributed by atoms with Gasteiger partial charge in [-0.25, -0.2) is 0 Å². The first-order valence-electron chi connectivity index (χ1n) is 7.81. The maximum Gasteiger partial charge on any atom is 0.0844 e. The van der Waals surface area contributed by atoms with Gasteiger partial charge in [-0.1, -0.05) is 11.6 Å². The minimum absolute atomic E-state index is 0.501. The third-order valence-electron chi connectivity index (χ3n) is 4.24. The largest absolute Gasteiger partial charge is 0.311 e. The van der Waals surface area contributed by atoms with Crippen LogP contribution in [0.15, 0.2) is 0 Å². The Labute approximate surface area is 133 Å². The lowest BCUT2D eigenvalue weighted by Gasteiger charge is -2.34. The molecule has 120 valence electrons. The third-order valence-corrected chi connectivity index (χ3v) is 4.78. The molecule has 2 rings (SSSR count). The summed E-state index contributed by atoms with van der Waals surface area (Å²) in [7, 11) is 2.19. The molecule has 1 saturated heterocycles. The van der Waals surface area contributed by atoms with Gasteiger partial charge in [-0.2, -0.15) is 5.10 Å². The van der Waals surface area contributed by atoms with Crippen LogP contribution in [0.4, 0.5) is 0 Å². The van der Waals surface area contributed by atoms with Crippen LogP contribution in [0.1, 0.15) is 18.3 Å². The quantitative estimate of drug-likeness (QED) is 0.861. The van der Waals surface area contributed by atoms with Gasteiger partial charge in [0.25, 0.3) is 0 Å². The number of nitrogens with zero attached hydrogens (tertiary/aromatic N) is 4. The molecule has 1 fully saturated rings. The number of aryl methyl sites for hydroxylation is 1. The highest BCUT2D eigenvalue weighted by Gasteiger charge is 2.16. The van der Waals surface area contributed by atoms with Gasteiger partial charge in [0.15, 0.2) is 0 Å². The van der Waals surface area contributed by atoms with E-state index in [0.29, 0.717) is 6.04 Å². The lowest BCUT2D eigenvalue weighted by Crippen LogP contribution is -2.49. The number of rotatable bonds is 6. The fourth-order valence-electron chi connectivity index (χ4n) is 2.79. The second-order valence-electron chi connectivity index (χ2n) is 6.17. The van der Waals surface area contributed by atoms with E-state index >= 15 is 0 Å². The lowest BCUT2D eigenvalue weighted by atomic mass is 10.2. The van der Waals surface area contributed by atoms with E-state index in [1.807, 2.05) is 18.5 Å². The normalized spacial score (nSPS) is 19.1. The second-order valence-corrected chi connectivity index (χ2v) is 6.54. The molecule has 0 aromatic carbocycles. The van der Waals surface area contributed by atoms with Crippen molar-refractivity contribution in [1.29, 1.82) is 0 Å². The monoisotopic (exact) mass is 313 g/mol. The average molecular weight is 314 g/mol. The van der Waals surface area contributed by atoms with E-state index in [1.54, 1.807) is 0 Å². The van der Waals surface area contributed by atoms with E-state index in [9.17, 15) is 0 Å². The summed E-state index contributed by atoms with van der Waals surface area (Å²) < 4.78 is 1.99. The first-order valence-corrected chi connectivity index (χ1v) is 8.19. The van der Waals surface area contributed by atoms with Crippen LogP contribution in [0.5, 0.6) is 0 Å². The van der Waals surface area contributed by atoms with Crippen molar-refractivity contribution in [3.8, 4) is 0 Å². The highest BCUT2D eigenvalue weighted by Crippen LogP contribution is 2.18. The Bertz CT molecular complexity index is 451. The molecule has 1 aliphatic rings. The Hall–Kier alpha value is -0.620. The van der Waals surface area contributed by atoms with Crippen LogP contribution in [0.2, 0.25) is 5.02 Å². The SMILES string of the molecule is Cc1nn(CCN[C@@H](C)CN2CCN(C)CC2)c(C)c1Cl. The van der Waals surface area contributed by atoms with Crippen molar-refractivity contribution in [2.75, 3.05) is 46.3 Å². The summed E-state index contributed by atoms with van der Waals surface area (Å²) in [4.78, 5) is 4.93. The fraction of sp³-hybridized carbons (Fsp3) is 0.800. The van der Waals surface area contributed by atoms with Gasteiger partial charge >= 0.3 is 0 Å². The fourth-order valence-corrected chi connectivity index (χ4v) is 2.93. The minimum Gasteiger partial charge on any atom is -0.311 e. The van der Waals surface area contributed by atoms with Crippen molar-refractivity contribution in [3.05, 3.63) is 16.4 Å². The maximum atomic E-state index is 6.17. The van der Waals surface area contributed by atoms with E-state index in [0.717, 1.165) is 36.0 Å². The van der Waals surface area contributed by atoms with Gasteiger partial charge in [-0.15, -0.1) is 0 Å². The Kier molecular flexibility index (Phi) is 6.05. The second kappa shape index (κ2) is 7.58. The maximum absolute atomic E-state index is 6.17. The standard InChI is InChI=1S/C15H28ClN5/c1-12(11-20-9-7-19(4)8-10-20)17-5-6-21-14(3)15(16)13(2)18-21/h12,17H,5-11H2,1-4H3/t12-/m0/s1. The first kappa shape index (κ1) is 16.7. The zero-order valence-corrected chi connectivity index (χ0v) is 14.4. The van der Waals surface area contributed by atoms with Gasteiger partial charge in [0.1, 0.15) is 0 Å². The molecular formula is C15H28ClN5. The first-order chi connectivity index (χ1) is 9.97. The zero-order valence-electron chi connectivity index (χ0n) is 13.7. The Morgan fingerprint density at radius 3 is 2.48 bits per heavy atom. The summed E-state index contributed by atoms with van der Waals surface area (Å²) in [5.41, 5.74) is 1.97. The molecular weight excluding hydrogens is 286 g/mol. The average Bonchev–Trinajstić information content (AvgIpc) is 2.69. The van der Waals surface area contributed by atoms with Crippen LogP contribution < -0.4 is 5.32 Å². The van der Waals surface area contributed by atoms with Crippen molar-refractivity contribution in [2.24, 2.45) is 0 Å². The number of likely N-dealkylation sites (N-methyl/N-ethyl adjacent to an activating group) is 1. The molecule has 0 aliphatic carbocycles. The van der Waals surface area contributed by atoms with Gasteiger partial charge in [0.2, 0.25) is 0 Å². The van der Waals surface area contributed by atoms with Gasteiger partial charge in [-0.3, -0.25) is 9.58 Å². The van der Waals surface area contributed by atoms with Gasteiger partial charge in [-0.05, 0) is 27.8 Å². The van der Waals surface area contributed by atoms with E-state index in [-0.39, 0.29) is 0 Å². The van der Waals surface area contributed by atoms with Crippen molar-refractivity contribution < 1.29 is 0 Å². The molecule has 21 heavy (non-hydrogen) atoms. The molecule has 0 spiro atoms. The summed E-state index contributed by atoms with van der Waals surface area (Å²) in [6.45, 7) is 13.8. The zero-order chi connectivity index (χ0) is 15.4. The number of piperazine rings is 1. The van der Waals surface area contributed by atoms with Crippen LogP contribution in [0, 0.1) is 13.8 Å². The molecule has 1 aliphatic heterocycles. The molecule has 2 heterocycles. The summed E-state index contributed by atoms with van der Waals surface area (Å²) in [6, 6.07) is 0.501. The van der Waals surface area contributed by atoms with Crippen LogP contribution in [-0.4, -0.2) is 71.9 Å². The molecule has 1 atom stereocenters. The van der Waals surface area contributed by atoms with Crippen LogP contribution in [0.3, 0.4) is 0 Å². The number of nitrogens with one attached hydrogen (secondary N) is 1. The summed E-state index contributed by atoms with van der Waals surface area (Å²) in [5, 5.41) is 8.84. The minimum atomic E-state index is 0.501. The third kappa shape index (κ3) is 4.68. The number of hydrogen-bond acceptors (Lipinski definition) is 4. The molecule has 1 N–H and O–H groups in total. The molecule has 0 bridgehead atoms. The predicted octanol–water partition coefficient (Wildman–Crippen LogP) is 1.38. The number of aromatic nitrogens is 2. The van der Waals surface area contributed by atoms with E-state index in [2.05, 4.69) is 34.2 Å². The van der Waals surface area contributed by atoms with Crippen molar-refractivity contribution in [3.63, 3.8) is 0 Å². The topological polar surface area (TPSA) is 36.3 Å². The van der Waals surface area contributed by atoms with E-state index < -0.39 is 0 Å². The van der Waals surface area contributed by atoms with Crippen molar-refractivity contribution in [2.45, 2.75) is 33.4 Å². The van der Waals surface area contributed by atoms with Gasteiger partial charge < -0.3 is 10.2 Å². The Morgan fingerprint density at radius 1 is 1.24 bits per heavy atom. The molecule has 1 aromatic heterocycles. The van der Waals surface area contributed by atoms with Crippen LogP contribution in [0.25, 0.3) is 0 Å². The van der Waals surface area contributed by atoms with Gasteiger partial charge in [0, 0.05) is 45.3 Å². The molecule has 1 aromatic rings. The lowest BCUT2D eigenvalue weighted by molar-refractivity contribution is 0.144. The highest BCUT2D eigenvalue weighted by atomic mass is 35.5. The molecule has 6 heteroatoms. The smallest absolute Gasteiger partial charge is 0.0844 e. The Morgan fingerprint density at radius 2 is 1.90 bits per heavy atom. The van der Waals surface area contributed by atoms with Gasteiger partial charge in [0.05, 0.1) is 23.0 Å². The van der Waals surface area contributed by atoms with Crippen LogP contribution in [-0.2, 0) is 6.54 Å². The molecule has 0 saturated carbocycles. The number of hydrogen-bond donors (Lipinski definition) is 1. The molecule has 0 unspecified atom stereocenters. The number of halogens is 1. The van der Waals surface area contributed by atoms with E-state index in [1.165, 1.54) is 26.2 Å². The molecule has 5 nitrogen and oxygen atoms in total. The summed E-state index contributed by atoms with van der Waals surface area (Å²) >= 11 is 6.17. The predicted molar refractivity (Wildman–Crippen MR) is 88.1 cm³/mol. The Balaban J connectivity index is 1.69. The van der Waals surface area contributed by atoms with Crippen molar-refractivity contribution >= 4 is 11.6 Å². The molecule has 0 radical (unpaired) electrons. The van der Waals surface area contributed by atoms with Crippen LogP contribution >= 0.6 is 11.6 Å². The summed E-state index contributed by atoms with van der Waals surface area (Å²) in [5.74, 6) is 0. The summed E-state index contributed by atoms with van der Waals surface area (Å²) in [6.07, 6.45) is 0.